The molecule has 1 saturated heterocycles. The summed E-state index contributed by atoms with van der Waals surface area (Å²) in [5.41, 5.74) is 0. The molecule has 4 atom stereocenters. The summed E-state index contributed by atoms with van der Waals surface area (Å²) >= 11 is 0. The van der Waals surface area contributed by atoms with Gasteiger partial charge in [-0.2, -0.15) is 0 Å². The van der Waals surface area contributed by atoms with E-state index in [1.165, 1.54) is 12.8 Å². The maximum absolute atomic E-state index is 11.9. The standard InChI is InChI=1S/C15H28N2O2/c1-11(12-5-3-7-16-9-12)8-15(19)17-10-13-4-2-6-14(13)18/h11-14,16,18H,2-10H2,1H3,(H,17,19). The van der Waals surface area contributed by atoms with E-state index in [9.17, 15) is 9.90 Å². The van der Waals surface area contributed by atoms with Crippen LogP contribution in [0.5, 0.6) is 0 Å². The van der Waals surface area contributed by atoms with Gasteiger partial charge in [0.1, 0.15) is 0 Å². The van der Waals surface area contributed by atoms with Crippen LogP contribution in [-0.4, -0.2) is 36.8 Å². The van der Waals surface area contributed by atoms with Crippen LogP contribution in [0.3, 0.4) is 0 Å². The summed E-state index contributed by atoms with van der Waals surface area (Å²) in [4.78, 5) is 11.9. The van der Waals surface area contributed by atoms with E-state index in [1.807, 2.05) is 0 Å². The average Bonchev–Trinajstić information content (AvgIpc) is 2.83. The van der Waals surface area contributed by atoms with E-state index in [1.54, 1.807) is 0 Å². The van der Waals surface area contributed by atoms with E-state index in [-0.39, 0.29) is 17.9 Å². The molecule has 4 unspecified atom stereocenters. The number of hydrogen-bond acceptors (Lipinski definition) is 3. The number of carbonyl (C=O) groups excluding carboxylic acids is 1. The summed E-state index contributed by atoms with van der Waals surface area (Å²) in [6.45, 7) is 5.00. The van der Waals surface area contributed by atoms with Gasteiger partial charge >= 0.3 is 0 Å². The molecule has 0 aromatic heterocycles. The number of carbonyl (C=O) groups is 1. The van der Waals surface area contributed by atoms with Crippen LogP contribution in [0.25, 0.3) is 0 Å². The predicted molar refractivity (Wildman–Crippen MR) is 75.7 cm³/mol. The van der Waals surface area contributed by atoms with Gasteiger partial charge in [-0.1, -0.05) is 13.3 Å². The quantitative estimate of drug-likeness (QED) is 0.704. The number of hydrogen-bond donors (Lipinski definition) is 3. The molecule has 2 fully saturated rings. The molecule has 1 amide bonds. The van der Waals surface area contributed by atoms with Gasteiger partial charge in [0.05, 0.1) is 6.10 Å². The zero-order valence-corrected chi connectivity index (χ0v) is 12.0. The Balaban J connectivity index is 1.65. The van der Waals surface area contributed by atoms with Crippen molar-refractivity contribution in [1.82, 2.24) is 10.6 Å². The van der Waals surface area contributed by atoms with E-state index in [0.29, 0.717) is 24.8 Å². The monoisotopic (exact) mass is 268 g/mol. The average molecular weight is 268 g/mol. The van der Waals surface area contributed by atoms with E-state index in [4.69, 9.17) is 0 Å². The molecule has 1 aliphatic carbocycles. The summed E-state index contributed by atoms with van der Waals surface area (Å²) in [7, 11) is 0. The second-order valence-electron chi connectivity index (χ2n) is 6.35. The zero-order valence-electron chi connectivity index (χ0n) is 12.0. The van der Waals surface area contributed by atoms with Crippen molar-refractivity contribution < 1.29 is 9.90 Å². The Morgan fingerprint density at radius 3 is 2.84 bits per heavy atom. The molecule has 1 heterocycles. The van der Waals surface area contributed by atoms with Crippen molar-refractivity contribution >= 4 is 5.91 Å². The van der Waals surface area contributed by atoms with Crippen molar-refractivity contribution in [2.24, 2.45) is 17.8 Å². The lowest BCUT2D eigenvalue weighted by molar-refractivity contribution is -0.122. The largest absolute Gasteiger partial charge is 0.393 e. The van der Waals surface area contributed by atoms with Crippen LogP contribution in [0.15, 0.2) is 0 Å². The molecule has 0 aromatic carbocycles. The van der Waals surface area contributed by atoms with Crippen LogP contribution in [0, 0.1) is 17.8 Å². The van der Waals surface area contributed by atoms with Gasteiger partial charge in [0.25, 0.3) is 0 Å². The summed E-state index contributed by atoms with van der Waals surface area (Å²) in [6.07, 6.45) is 5.91. The second-order valence-corrected chi connectivity index (χ2v) is 6.35. The van der Waals surface area contributed by atoms with Gasteiger partial charge in [-0.25, -0.2) is 0 Å². The van der Waals surface area contributed by atoms with Crippen molar-refractivity contribution in [3.05, 3.63) is 0 Å². The highest BCUT2D eigenvalue weighted by molar-refractivity contribution is 5.76. The van der Waals surface area contributed by atoms with Gasteiger partial charge in [-0.3, -0.25) is 4.79 Å². The highest BCUT2D eigenvalue weighted by atomic mass is 16.3. The van der Waals surface area contributed by atoms with Crippen molar-refractivity contribution in [1.29, 1.82) is 0 Å². The number of piperidine rings is 1. The minimum absolute atomic E-state index is 0.150. The number of aliphatic hydroxyl groups excluding tert-OH is 1. The first-order valence-electron chi connectivity index (χ1n) is 7.82. The molecule has 19 heavy (non-hydrogen) atoms. The molecule has 0 radical (unpaired) electrons. The van der Waals surface area contributed by atoms with Crippen LogP contribution in [0.1, 0.15) is 45.4 Å². The fourth-order valence-corrected chi connectivity index (χ4v) is 3.40. The number of aliphatic hydroxyl groups is 1. The van der Waals surface area contributed by atoms with Gasteiger partial charge in [0.15, 0.2) is 0 Å². The third-order valence-electron chi connectivity index (χ3n) is 4.83. The van der Waals surface area contributed by atoms with Crippen molar-refractivity contribution in [3.63, 3.8) is 0 Å². The Morgan fingerprint density at radius 2 is 2.21 bits per heavy atom. The summed E-state index contributed by atoms with van der Waals surface area (Å²) in [5, 5.41) is 16.1. The smallest absolute Gasteiger partial charge is 0.220 e. The molecule has 4 nitrogen and oxygen atoms in total. The molecule has 0 aromatic rings. The maximum atomic E-state index is 11.9. The van der Waals surface area contributed by atoms with E-state index in [2.05, 4.69) is 17.6 Å². The molecule has 0 bridgehead atoms. The molecule has 2 aliphatic rings. The number of nitrogens with one attached hydrogen (secondary N) is 2. The Morgan fingerprint density at radius 1 is 1.37 bits per heavy atom. The molecule has 3 N–H and O–H groups in total. The van der Waals surface area contributed by atoms with Gasteiger partial charge in [0.2, 0.25) is 5.91 Å². The fourth-order valence-electron chi connectivity index (χ4n) is 3.40. The predicted octanol–water partition coefficient (Wildman–Crippen LogP) is 1.29. The normalized spacial score (nSPS) is 33.1. The van der Waals surface area contributed by atoms with Gasteiger partial charge in [0, 0.05) is 18.9 Å². The van der Waals surface area contributed by atoms with Gasteiger partial charge in [-0.05, 0) is 50.6 Å². The lowest BCUT2D eigenvalue weighted by Crippen LogP contribution is -2.37. The second kappa shape index (κ2) is 7.25. The van der Waals surface area contributed by atoms with Crippen LogP contribution < -0.4 is 10.6 Å². The molecule has 4 heteroatoms. The Bertz CT molecular complexity index is 290. The summed E-state index contributed by atoms with van der Waals surface area (Å²) in [5.74, 6) is 1.51. The van der Waals surface area contributed by atoms with Crippen LogP contribution in [0.2, 0.25) is 0 Å². The lowest BCUT2D eigenvalue weighted by atomic mass is 9.85. The van der Waals surface area contributed by atoms with E-state index < -0.39 is 0 Å². The molecular weight excluding hydrogens is 240 g/mol. The van der Waals surface area contributed by atoms with Crippen LogP contribution in [0.4, 0.5) is 0 Å². The Hall–Kier alpha value is -0.610. The lowest BCUT2D eigenvalue weighted by Gasteiger charge is -2.28. The van der Waals surface area contributed by atoms with Crippen molar-refractivity contribution in [2.75, 3.05) is 19.6 Å². The maximum Gasteiger partial charge on any atom is 0.220 e. The topological polar surface area (TPSA) is 61.4 Å². The van der Waals surface area contributed by atoms with E-state index in [0.717, 1.165) is 32.4 Å². The Labute approximate surface area is 116 Å². The molecule has 1 saturated carbocycles. The zero-order chi connectivity index (χ0) is 13.7. The first-order valence-corrected chi connectivity index (χ1v) is 7.82. The van der Waals surface area contributed by atoms with Crippen LogP contribution >= 0.6 is 0 Å². The molecule has 0 spiro atoms. The van der Waals surface area contributed by atoms with E-state index >= 15 is 0 Å². The van der Waals surface area contributed by atoms with Gasteiger partial charge < -0.3 is 15.7 Å². The highest BCUT2D eigenvalue weighted by Gasteiger charge is 2.26. The van der Waals surface area contributed by atoms with Crippen molar-refractivity contribution in [3.8, 4) is 0 Å². The number of amides is 1. The van der Waals surface area contributed by atoms with Crippen molar-refractivity contribution in [2.45, 2.75) is 51.6 Å². The van der Waals surface area contributed by atoms with Gasteiger partial charge in [-0.15, -0.1) is 0 Å². The first-order chi connectivity index (χ1) is 9.16. The molecule has 110 valence electrons. The molecular formula is C15H28N2O2. The highest BCUT2D eigenvalue weighted by Crippen LogP contribution is 2.25. The first kappa shape index (κ1) is 14.8. The molecule has 2 rings (SSSR count). The fraction of sp³-hybridized carbons (Fsp3) is 0.933. The molecule has 1 aliphatic heterocycles. The third kappa shape index (κ3) is 4.46. The minimum atomic E-state index is -0.208. The Kier molecular flexibility index (Phi) is 5.64. The SMILES string of the molecule is CC(CC(=O)NCC1CCCC1O)C1CCCNC1. The number of rotatable bonds is 5. The minimum Gasteiger partial charge on any atom is -0.393 e. The summed E-state index contributed by atoms with van der Waals surface area (Å²) < 4.78 is 0. The third-order valence-corrected chi connectivity index (χ3v) is 4.83. The summed E-state index contributed by atoms with van der Waals surface area (Å²) in [6, 6.07) is 0. The van der Waals surface area contributed by atoms with Crippen LogP contribution in [-0.2, 0) is 4.79 Å².